The smallest absolute Gasteiger partial charge is 0.0590 e. The van der Waals surface area contributed by atoms with Gasteiger partial charge in [0.2, 0.25) is 0 Å². The molecule has 0 amide bonds. The summed E-state index contributed by atoms with van der Waals surface area (Å²) in [6.45, 7) is 0. The lowest BCUT2D eigenvalue weighted by atomic mass is 9.93. The maximum absolute atomic E-state index is 3.79. The Hall–Kier alpha value is -4.44. The Bertz CT molecular complexity index is 2150. The highest BCUT2D eigenvalue weighted by molar-refractivity contribution is 7.26. The van der Waals surface area contributed by atoms with Crippen molar-refractivity contribution in [2.45, 2.75) is 0 Å². The molecule has 0 atom stereocenters. The molecule has 0 fully saturated rings. The van der Waals surface area contributed by atoms with E-state index in [-0.39, 0.29) is 0 Å². The van der Waals surface area contributed by atoms with E-state index in [9.17, 15) is 0 Å². The summed E-state index contributed by atoms with van der Waals surface area (Å²) in [7, 11) is 0. The number of anilines is 2. The number of hydrogen-bond donors (Lipinski definition) is 1. The fourth-order valence-corrected chi connectivity index (χ4v) is 8.08. The van der Waals surface area contributed by atoms with Gasteiger partial charge in [-0.05, 0) is 47.0 Å². The topological polar surface area (TPSA) is 12.0 Å². The van der Waals surface area contributed by atoms with Crippen molar-refractivity contribution in [3.05, 3.63) is 133 Å². The van der Waals surface area contributed by atoms with Gasteiger partial charge in [0.15, 0.2) is 0 Å². The Balaban J connectivity index is 1.33. The Morgan fingerprint density at radius 1 is 0.410 bits per heavy atom. The van der Waals surface area contributed by atoms with E-state index >= 15 is 0 Å². The van der Waals surface area contributed by atoms with E-state index in [1.165, 1.54) is 62.6 Å². The molecule has 8 aromatic rings. The number of fused-ring (bicyclic) bond motifs is 6. The number of hydrogen-bond acceptors (Lipinski definition) is 3. The van der Waals surface area contributed by atoms with E-state index in [0.29, 0.717) is 0 Å². The summed E-state index contributed by atoms with van der Waals surface area (Å²) in [5, 5.41) is 9.05. The molecule has 0 aliphatic heterocycles. The molecule has 0 aliphatic rings. The van der Waals surface area contributed by atoms with Gasteiger partial charge in [-0.3, -0.25) is 0 Å². The minimum absolute atomic E-state index is 1.09. The van der Waals surface area contributed by atoms with Crippen LogP contribution in [0.25, 0.3) is 62.6 Å². The van der Waals surface area contributed by atoms with Crippen molar-refractivity contribution in [1.82, 2.24) is 0 Å². The zero-order valence-electron chi connectivity index (χ0n) is 21.0. The third kappa shape index (κ3) is 3.74. The van der Waals surface area contributed by atoms with Gasteiger partial charge in [-0.25, -0.2) is 0 Å². The fourth-order valence-electron chi connectivity index (χ4n) is 5.67. The molecule has 1 nitrogen and oxygen atoms in total. The first-order chi connectivity index (χ1) is 19.3. The quantitative estimate of drug-likeness (QED) is 0.237. The minimum atomic E-state index is 1.09. The van der Waals surface area contributed by atoms with E-state index in [2.05, 4.69) is 139 Å². The predicted octanol–water partition coefficient (Wildman–Crippen LogP) is 11.5. The molecule has 39 heavy (non-hydrogen) atoms. The molecule has 6 aromatic carbocycles. The lowest BCUT2D eigenvalue weighted by molar-refractivity contribution is 1.56. The number of nitrogens with one attached hydrogen (secondary N) is 1. The number of rotatable bonds is 4. The molecule has 1 N–H and O–H groups in total. The maximum atomic E-state index is 3.79. The zero-order valence-corrected chi connectivity index (χ0v) is 22.7. The SMILES string of the molecule is c1ccc(-c2ccc(Nc3cccc4c3sc3ccccc34)cc2-c2cccc3c2sc2ccccc23)cc1. The molecule has 2 heterocycles. The molecular formula is C36H23NS2. The molecule has 0 aliphatic carbocycles. The van der Waals surface area contributed by atoms with E-state index in [1.807, 2.05) is 22.7 Å². The first kappa shape index (κ1) is 22.5. The third-order valence-corrected chi connectivity index (χ3v) is 9.92. The van der Waals surface area contributed by atoms with Gasteiger partial charge in [-0.2, -0.15) is 0 Å². The predicted molar refractivity (Wildman–Crippen MR) is 173 cm³/mol. The Morgan fingerprint density at radius 2 is 1.03 bits per heavy atom. The van der Waals surface area contributed by atoms with Crippen LogP contribution >= 0.6 is 22.7 Å². The Morgan fingerprint density at radius 3 is 1.79 bits per heavy atom. The first-order valence-electron chi connectivity index (χ1n) is 13.1. The van der Waals surface area contributed by atoms with Crippen LogP contribution in [-0.4, -0.2) is 0 Å². The molecule has 0 saturated heterocycles. The Kier molecular flexibility index (Phi) is 5.25. The van der Waals surface area contributed by atoms with Crippen LogP contribution in [0.4, 0.5) is 11.4 Å². The molecule has 184 valence electrons. The lowest BCUT2D eigenvalue weighted by Gasteiger charge is -2.15. The summed E-state index contributed by atoms with van der Waals surface area (Å²) in [6.07, 6.45) is 0. The van der Waals surface area contributed by atoms with Gasteiger partial charge in [0.1, 0.15) is 0 Å². The second kappa shape index (κ2) is 9.09. The summed E-state index contributed by atoms with van der Waals surface area (Å²) in [4.78, 5) is 0. The monoisotopic (exact) mass is 533 g/mol. The Labute approximate surface area is 234 Å². The molecule has 0 saturated carbocycles. The van der Waals surface area contributed by atoms with Crippen LogP contribution < -0.4 is 5.32 Å². The van der Waals surface area contributed by atoms with Gasteiger partial charge in [0.25, 0.3) is 0 Å². The van der Waals surface area contributed by atoms with Crippen LogP contribution in [0.5, 0.6) is 0 Å². The molecule has 3 heteroatoms. The summed E-state index contributed by atoms with van der Waals surface area (Å²) < 4.78 is 5.27. The lowest BCUT2D eigenvalue weighted by Crippen LogP contribution is -1.93. The van der Waals surface area contributed by atoms with E-state index < -0.39 is 0 Å². The second-order valence-corrected chi connectivity index (χ2v) is 11.9. The fraction of sp³-hybridized carbons (Fsp3) is 0. The van der Waals surface area contributed by atoms with Crippen LogP contribution in [0.2, 0.25) is 0 Å². The second-order valence-electron chi connectivity index (χ2n) is 9.81. The van der Waals surface area contributed by atoms with Crippen LogP contribution in [0.15, 0.2) is 133 Å². The van der Waals surface area contributed by atoms with Crippen LogP contribution in [0.1, 0.15) is 0 Å². The average Bonchev–Trinajstić information content (AvgIpc) is 3.57. The highest BCUT2D eigenvalue weighted by Gasteiger charge is 2.16. The van der Waals surface area contributed by atoms with E-state index in [1.54, 1.807) is 0 Å². The highest BCUT2D eigenvalue weighted by Crippen LogP contribution is 2.44. The van der Waals surface area contributed by atoms with Crippen molar-refractivity contribution in [2.75, 3.05) is 5.32 Å². The van der Waals surface area contributed by atoms with E-state index in [4.69, 9.17) is 0 Å². The largest absolute Gasteiger partial charge is 0.354 e. The van der Waals surface area contributed by atoms with Crippen LogP contribution in [0, 0.1) is 0 Å². The maximum Gasteiger partial charge on any atom is 0.0590 e. The van der Waals surface area contributed by atoms with Gasteiger partial charge in [-0.1, -0.05) is 103 Å². The van der Waals surface area contributed by atoms with Crippen molar-refractivity contribution in [3.8, 4) is 22.3 Å². The normalized spacial score (nSPS) is 11.6. The third-order valence-electron chi connectivity index (χ3n) is 7.48. The number of thiophene rings is 2. The van der Waals surface area contributed by atoms with Crippen molar-refractivity contribution in [3.63, 3.8) is 0 Å². The van der Waals surface area contributed by atoms with Gasteiger partial charge >= 0.3 is 0 Å². The summed E-state index contributed by atoms with van der Waals surface area (Å²) in [5.41, 5.74) is 7.22. The molecule has 2 aromatic heterocycles. The average molecular weight is 534 g/mol. The molecule has 0 unspecified atom stereocenters. The zero-order chi connectivity index (χ0) is 25.8. The molecule has 0 spiro atoms. The molecule has 8 rings (SSSR count). The van der Waals surface area contributed by atoms with Crippen molar-refractivity contribution in [2.24, 2.45) is 0 Å². The highest BCUT2D eigenvalue weighted by atomic mass is 32.1. The summed E-state index contributed by atoms with van der Waals surface area (Å²) in [5.74, 6) is 0. The van der Waals surface area contributed by atoms with Gasteiger partial charge in [0.05, 0.1) is 10.4 Å². The summed E-state index contributed by atoms with van der Waals surface area (Å²) >= 11 is 3.73. The van der Waals surface area contributed by atoms with E-state index in [0.717, 1.165) is 11.4 Å². The van der Waals surface area contributed by atoms with Crippen LogP contribution in [-0.2, 0) is 0 Å². The standard InChI is InChI=1S/C36H23NS2/c1-2-10-23(11-3-1)25-21-20-24(37-32-17-9-16-29-27-13-5-7-19-34(27)39-36(29)32)22-31(25)30-15-8-14-28-26-12-4-6-18-33(26)38-35(28)30/h1-22,37H. The van der Waals surface area contributed by atoms with Crippen molar-refractivity contribution >= 4 is 74.4 Å². The van der Waals surface area contributed by atoms with Gasteiger partial charge in [0, 0.05) is 46.9 Å². The molecular weight excluding hydrogens is 511 g/mol. The van der Waals surface area contributed by atoms with Gasteiger partial charge in [-0.15, -0.1) is 22.7 Å². The first-order valence-corrected chi connectivity index (χ1v) is 14.7. The van der Waals surface area contributed by atoms with Gasteiger partial charge < -0.3 is 5.32 Å². The molecule has 0 bridgehead atoms. The molecule has 0 radical (unpaired) electrons. The minimum Gasteiger partial charge on any atom is -0.354 e. The van der Waals surface area contributed by atoms with Crippen LogP contribution in [0.3, 0.4) is 0 Å². The number of benzene rings is 6. The summed E-state index contributed by atoms with van der Waals surface area (Å²) in [6, 6.07) is 48.2. The van der Waals surface area contributed by atoms with Crippen molar-refractivity contribution < 1.29 is 0 Å². The van der Waals surface area contributed by atoms with Crippen molar-refractivity contribution in [1.29, 1.82) is 0 Å².